The molecule has 2 rings (SSSR count). The highest BCUT2D eigenvalue weighted by atomic mass is 16.5. The summed E-state index contributed by atoms with van der Waals surface area (Å²) in [7, 11) is 0. The van der Waals surface area contributed by atoms with Crippen molar-refractivity contribution in [3.8, 4) is 5.75 Å². The zero-order valence-corrected chi connectivity index (χ0v) is 13.2. The van der Waals surface area contributed by atoms with Crippen LogP contribution in [0, 0.1) is 0 Å². The van der Waals surface area contributed by atoms with E-state index < -0.39 is 0 Å². The predicted octanol–water partition coefficient (Wildman–Crippen LogP) is 4.50. The zero-order chi connectivity index (χ0) is 15.1. The minimum absolute atomic E-state index is 0.325. The van der Waals surface area contributed by atoms with Crippen molar-refractivity contribution in [2.75, 3.05) is 6.61 Å². The molecule has 0 radical (unpaired) electrons. The maximum Gasteiger partial charge on any atom is 0.119 e. The quantitative estimate of drug-likeness (QED) is 0.808. The molecule has 0 aliphatic heterocycles. The molecule has 2 aromatic rings. The van der Waals surface area contributed by atoms with Gasteiger partial charge in [-0.25, -0.2) is 0 Å². The van der Waals surface area contributed by atoms with Gasteiger partial charge in [0.05, 0.1) is 6.61 Å². The lowest BCUT2D eigenvalue weighted by Gasteiger charge is -2.15. The van der Waals surface area contributed by atoms with Crippen LogP contribution in [-0.4, -0.2) is 6.61 Å². The van der Waals surface area contributed by atoms with Crippen molar-refractivity contribution in [3.63, 3.8) is 0 Å². The van der Waals surface area contributed by atoms with Crippen LogP contribution in [0.3, 0.4) is 0 Å². The number of nitrogens with one attached hydrogen (secondary N) is 1. The Hall–Kier alpha value is -1.80. The smallest absolute Gasteiger partial charge is 0.119 e. The average Bonchev–Trinajstić information content (AvgIpc) is 2.54. The fourth-order valence-corrected chi connectivity index (χ4v) is 2.30. The molecule has 21 heavy (non-hydrogen) atoms. The second-order valence-electron chi connectivity index (χ2n) is 5.27. The molecule has 2 aromatic carbocycles. The first kappa shape index (κ1) is 15.6. The summed E-state index contributed by atoms with van der Waals surface area (Å²) in [6.07, 6.45) is 1.09. The summed E-state index contributed by atoms with van der Waals surface area (Å²) >= 11 is 0. The maximum atomic E-state index is 5.47. The summed E-state index contributed by atoms with van der Waals surface area (Å²) in [5.41, 5.74) is 3.99. The van der Waals surface area contributed by atoms with E-state index in [2.05, 4.69) is 55.6 Å². The molecule has 112 valence electrons. The monoisotopic (exact) mass is 283 g/mol. The Morgan fingerprint density at radius 2 is 1.52 bits per heavy atom. The molecule has 0 spiro atoms. The fourth-order valence-electron chi connectivity index (χ4n) is 2.30. The molecule has 0 aliphatic rings. The van der Waals surface area contributed by atoms with E-state index in [1.807, 2.05) is 19.1 Å². The average molecular weight is 283 g/mol. The molecule has 1 N–H and O–H groups in total. The third kappa shape index (κ3) is 4.61. The summed E-state index contributed by atoms with van der Waals surface area (Å²) in [5, 5.41) is 3.56. The van der Waals surface area contributed by atoms with E-state index in [0.717, 1.165) is 18.7 Å². The van der Waals surface area contributed by atoms with Crippen LogP contribution in [0.5, 0.6) is 5.75 Å². The Kier molecular flexibility index (Phi) is 5.82. The highest BCUT2D eigenvalue weighted by Crippen LogP contribution is 2.18. The second-order valence-corrected chi connectivity index (χ2v) is 5.27. The van der Waals surface area contributed by atoms with E-state index in [-0.39, 0.29) is 0 Å². The van der Waals surface area contributed by atoms with E-state index in [0.29, 0.717) is 12.6 Å². The van der Waals surface area contributed by atoms with E-state index in [1.54, 1.807) is 0 Å². The number of aryl methyl sites for hydroxylation is 1. The minimum atomic E-state index is 0.325. The standard InChI is InChI=1S/C19H25NO/c1-4-16-6-8-17(9-7-16)14-20-15(3)18-10-12-19(13-11-18)21-5-2/h6-13,15,20H,4-5,14H2,1-3H3. The topological polar surface area (TPSA) is 21.3 Å². The minimum Gasteiger partial charge on any atom is -0.494 e. The van der Waals surface area contributed by atoms with Crippen molar-refractivity contribution in [1.29, 1.82) is 0 Å². The van der Waals surface area contributed by atoms with Gasteiger partial charge in [-0.15, -0.1) is 0 Å². The van der Waals surface area contributed by atoms with Gasteiger partial charge in [0.2, 0.25) is 0 Å². The van der Waals surface area contributed by atoms with E-state index >= 15 is 0 Å². The zero-order valence-electron chi connectivity index (χ0n) is 13.2. The summed E-state index contributed by atoms with van der Waals surface area (Å²) < 4.78 is 5.47. The van der Waals surface area contributed by atoms with Gasteiger partial charge in [0.1, 0.15) is 5.75 Å². The van der Waals surface area contributed by atoms with Crippen LogP contribution in [0.15, 0.2) is 48.5 Å². The van der Waals surface area contributed by atoms with Crippen molar-refractivity contribution in [3.05, 3.63) is 65.2 Å². The van der Waals surface area contributed by atoms with Gasteiger partial charge in [0.25, 0.3) is 0 Å². The van der Waals surface area contributed by atoms with Crippen LogP contribution in [0.2, 0.25) is 0 Å². The first-order valence-electron chi connectivity index (χ1n) is 7.77. The van der Waals surface area contributed by atoms with E-state index in [1.165, 1.54) is 16.7 Å². The van der Waals surface area contributed by atoms with E-state index in [4.69, 9.17) is 4.74 Å². The lowest BCUT2D eigenvalue weighted by Crippen LogP contribution is -2.18. The third-order valence-corrected chi connectivity index (χ3v) is 3.73. The number of ether oxygens (including phenoxy) is 1. The van der Waals surface area contributed by atoms with Gasteiger partial charge >= 0.3 is 0 Å². The first-order valence-corrected chi connectivity index (χ1v) is 7.77. The molecule has 2 nitrogen and oxygen atoms in total. The molecule has 1 unspecified atom stereocenters. The molecule has 0 amide bonds. The largest absolute Gasteiger partial charge is 0.494 e. The maximum absolute atomic E-state index is 5.47. The van der Waals surface area contributed by atoms with Crippen LogP contribution in [0.25, 0.3) is 0 Å². The van der Waals surface area contributed by atoms with Crippen LogP contribution in [0.4, 0.5) is 0 Å². The summed E-state index contributed by atoms with van der Waals surface area (Å²) in [6.45, 7) is 7.97. The van der Waals surface area contributed by atoms with Crippen molar-refractivity contribution in [1.82, 2.24) is 5.32 Å². The van der Waals surface area contributed by atoms with Crippen LogP contribution in [-0.2, 0) is 13.0 Å². The number of hydrogen-bond acceptors (Lipinski definition) is 2. The molecule has 0 saturated carbocycles. The molecular formula is C19H25NO. The molecule has 0 aromatic heterocycles. The van der Waals surface area contributed by atoms with Crippen molar-refractivity contribution in [2.45, 2.75) is 39.8 Å². The van der Waals surface area contributed by atoms with Crippen LogP contribution < -0.4 is 10.1 Å². The Morgan fingerprint density at radius 1 is 0.905 bits per heavy atom. The van der Waals surface area contributed by atoms with Gasteiger partial charge in [-0.05, 0) is 49.1 Å². The van der Waals surface area contributed by atoms with Gasteiger partial charge < -0.3 is 10.1 Å². The fraction of sp³-hybridized carbons (Fsp3) is 0.368. The SMILES string of the molecule is CCOc1ccc(C(C)NCc2ccc(CC)cc2)cc1. The summed E-state index contributed by atoms with van der Waals surface area (Å²) in [5.74, 6) is 0.934. The Balaban J connectivity index is 1.89. The molecule has 0 heterocycles. The summed E-state index contributed by atoms with van der Waals surface area (Å²) in [4.78, 5) is 0. The van der Waals surface area contributed by atoms with Gasteiger partial charge in [-0.1, -0.05) is 43.3 Å². The molecule has 0 fully saturated rings. The van der Waals surface area contributed by atoms with Crippen molar-refractivity contribution < 1.29 is 4.74 Å². The second kappa shape index (κ2) is 7.84. The van der Waals surface area contributed by atoms with Gasteiger partial charge in [0.15, 0.2) is 0 Å². The Bertz CT molecular complexity index is 530. The van der Waals surface area contributed by atoms with Crippen molar-refractivity contribution >= 4 is 0 Å². The highest BCUT2D eigenvalue weighted by Gasteiger charge is 2.05. The number of benzene rings is 2. The molecular weight excluding hydrogens is 258 g/mol. The Labute approximate surface area is 128 Å². The third-order valence-electron chi connectivity index (χ3n) is 3.73. The van der Waals surface area contributed by atoms with Crippen molar-refractivity contribution in [2.24, 2.45) is 0 Å². The predicted molar refractivity (Wildman–Crippen MR) is 88.7 cm³/mol. The molecule has 1 atom stereocenters. The van der Waals surface area contributed by atoms with E-state index in [9.17, 15) is 0 Å². The number of rotatable bonds is 7. The Morgan fingerprint density at radius 3 is 2.10 bits per heavy atom. The number of hydrogen-bond donors (Lipinski definition) is 1. The lowest BCUT2D eigenvalue weighted by atomic mass is 10.1. The van der Waals surface area contributed by atoms with Gasteiger partial charge in [-0.3, -0.25) is 0 Å². The first-order chi connectivity index (χ1) is 10.2. The van der Waals surface area contributed by atoms with Gasteiger partial charge in [0, 0.05) is 12.6 Å². The molecule has 0 saturated heterocycles. The molecule has 2 heteroatoms. The van der Waals surface area contributed by atoms with Crippen LogP contribution in [0.1, 0.15) is 43.5 Å². The van der Waals surface area contributed by atoms with Gasteiger partial charge in [-0.2, -0.15) is 0 Å². The normalized spacial score (nSPS) is 12.1. The lowest BCUT2D eigenvalue weighted by molar-refractivity contribution is 0.340. The molecule has 0 bridgehead atoms. The highest BCUT2D eigenvalue weighted by molar-refractivity contribution is 5.29. The van der Waals surface area contributed by atoms with Crippen LogP contribution >= 0.6 is 0 Å². The summed E-state index contributed by atoms with van der Waals surface area (Å²) in [6, 6.07) is 17.5. The molecule has 0 aliphatic carbocycles.